The van der Waals surface area contributed by atoms with Crippen molar-refractivity contribution in [2.24, 2.45) is 0 Å². The minimum atomic E-state index is 0.463. The van der Waals surface area contributed by atoms with Crippen LogP contribution in [0.25, 0.3) is 21.9 Å². The van der Waals surface area contributed by atoms with Crippen molar-refractivity contribution in [1.29, 1.82) is 0 Å². The SMILES string of the molecule is COCCc1nc2c(N)nc3ccccc3c2n1CCOCCCc1ccccc1. The Bertz CT molecular complexity index is 1110. The number of anilines is 1. The first kappa shape index (κ1) is 20.3. The molecule has 2 aromatic heterocycles. The summed E-state index contributed by atoms with van der Waals surface area (Å²) < 4.78 is 13.4. The maximum Gasteiger partial charge on any atom is 0.152 e. The smallest absolute Gasteiger partial charge is 0.152 e. The highest BCUT2D eigenvalue weighted by Crippen LogP contribution is 2.28. The van der Waals surface area contributed by atoms with Crippen LogP contribution >= 0.6 is 0 Å². The molecule has 0 spiro atoms. The minimum Gasteiger partial charge on any atom is -0.384 e. The summed E-state index contributed by atoms with van der Waals surface area (Å²) >= 11 is 0. The number of nitrogens with two attached hydrogens (primary N) is 1. The van der Waals surface area contributed by atoms with Gasteiger partial charge in [-0.2, -0.15) is 0 Å². The molecule has 2 N–H and O–H groups in total. The summed E-state index contributed by atoms with van der Waals surface area (Å²) in [6.45, 7) is 2.68. The summed E-state index contributed by atoms with van der Waals surface area (Å²) in [6.07, 6.45) is 2.75. The Morgan fingerprint density at radius 3 is 2.53 bits per heavy atom. The highest BCUT2D eigenvalue weighted by molar-refractivity contribution is 6.06. The number of aryl methyl sites for hydroxylation is 1. The zero-order valence-electron chi connectivity index (χ0n) is 17.4. The van der Waals surface area contributed by atoms with E-state index < -0.39 is 0 Å². The number of nitrogens with zero attached hydrogens (tertiary/aromatic N) is 3. The number of benzene rings is 2. The van der Waals surface area contributed by atoms with Crippen LogP contribution in [0, 0.1) is 0 Å². The molecule has 0 saturated heterocycles. The highest BCUT2D eigenvalue weighted by atomic mass is 16.5. The number of hydrogen-bond acceptors (Lipinski definition) is 5. The fraction of sp³-hybridized carbons (Fsp3) is 0.333. The van der Waals surface area contributed by atoms with Gasteiger partial charge < -0.3 is 19.8 Å². The molecule has 4 aromatic rings. The second-order valence-corrected chi connectivity index (χ2v) is 7.34. The maximum absolute atomic E-state index is 6.23. The Morgan fingerprint density at radius 1 is 0.900 bits per heavy atom. The third kappa shape index (κ3) is 4.45. The fourth-order valence-electron chi connectivity index (χ4n) is 3.81. The second-order valence-electron chi connectivity index (χ2n) is 7.34. The Labute approximate surface area is 176 Å². The lowest BCUT2D eigenvalue weighted by molar-refractivity contribution is 0.124. The number of fused-ring (bicyclic) bond motifs is 3. The van der Waals surface area contributed by atoms with Crippen molar-refractivity contribution in [1.82, 2.24) is 14.5 Å². The quantitative estimate of drug-likeness (QED) is 0.404. The summed E-state index contributed by atoms with van der Waals surface area (Å²) in [7, 11) is 1.70. The fourth-order valence-corrected chi connectivity index (χ4v) is 3.81. The Balaban J connectivity index is 1.49. The van der Waals surface area contributed by atoms with Crippen LogP contribution < -0.4 is 5.73 Å². The average Bonchev–Trinajstić information content (AvgIpc) is 3.15. The van der Waals surface area contributed by atoms with Crippen LogP contribution in [-0.4, -0.2) is 41.5 Å². The van der Waals surface area contributed by atoms with Crippen LogP contribution in [0.3, 0.4) is 0 Å². The molecule has 6 nitrogen and oxygen atoms in total. The molecule has 0 amide bonds. The van der Waals surface area contributed by atoms with Gasteiger partial charge in [-0.15, -0.1) is 0 Å². The molecule has 156 valence electrons. The van der Waals surface area contributed by atoms with Crippen molar-refractivity contribution in [3.63, 3.8) is 0 Å². The zero-order chi connectivity index (χ0) is 20.8. The van der Waals surface area contributed by atoms with Gasteiger partial charge in [-0.05, 0) is 24.5 Å². The van der Waals surface area contributed by atoms with Gasteiger partial charge in [-0.25, -0.2) is 9.97 Å². The van der Waals surface area contributed by atoms with E-state index in [4.69, 9.17) is 20.2 Å². The number of imidazole rings is 1. The van der Waals surface area contributed by atoms with Gasteiger partial charge in [-0.1, -0.05) is 48.5 Å². The second kappa shape index (κ2) is 9.69. The van der Waals surface area contributed by atoms with Crippen molar-refractivity contribution >= 4 is 27.8 Å². The molecule has 0 aliphatic heterocycles. The summed E-state index contributed by atoms with van der Waals surface area (Å²) in [5.41, 5.74) is 10.2. The molecule has 0 saturated carbocycles. The van der Waals surface area contributed by atoms with Crippen LogP contribution in [0.5, 0.6) is 0 Å². The van der Waals surface area contributed by atoms with Gasteiger partial charge in [-0.3, -0.25) is 0 Å². The first-order valence-corrected chi connectivity index (χ1v) is 10.4. The van der Waals surface area contributed by atoms with E-state index in [2.05, 4.69) is 39.9 Å². The number of aromatic nitrogens is 3. The van der Waals surface area contributed by atoms with Gasteiger partial charge in [0.1, 0.15) is 11.3 Å². The van der Waals surface area contributed by atoms with Crippen molar-refractivity contribution in [2.45, 2.75) is 25.8 Å². The zero-order valence-corrected chi connectivity index (χ0v) is 17.4. The van der Waals surface area contributed by atoms with E-state index in [1.807, 2.05) is 24.3 Å². The van der Waals surface area contributed by atoms with E-state index in [1.54, 1.807) is 7.11 Å². The lowest BCUT2D eigenvalue weighted by atomic mass is 10.1. The largest absolute Gasteiger partial charge is 0.384 e. The molecular weight excluding hydrogens is 376 g/mol. The van der Waals surface area contributed by atoms with Crippen molar-refractivity contribution in [3.05, 3.63) is 66.0 Å². The highest BCUT2D eigenvalue weighted by Gasteiger charge is 2.17. The molecule has 0 unspecified atom stereocenters. The Kier molecular flexibility index (Phi) is 6.57. The monoisotopic (exact) mass is 404 g/mol. The summed E-state index contributed by atoms with van der Waals surface area (Å²) in [5, 5.41) is 1.06. The lowest BCUT2D eigenvalue weighted by Crippen LogP contribution is -2.12. The number of pyridine rings is 1. The number of ether oxygens (including phenoxy) is 2. The molecule has 0 atom stereocenters. The Morgan fingerprint density at radius 2 is 1.70 bits per heavy atom. The van der Waals surface area contributed by atoms with Gasteiger partial charge >= 0.3 is 0 Å². The van der Waals surface area contributed by atoms with E-state index in [1.165, 1.54) is 5.56 Å². The molecule has 0 fully saturated rings. The van der Waals surface area contributed by atoms with E-state index in [-0.39, 0.29) is 0 Å². The molecule has 0 aliphatic carbocycles. The first-order chi connectivity index (χ1) is 14.8. The normalized spacial score (nSPS) is 11.5. The van der Waals surface area contributed by atoms with E-state index in [0.29, 0.717) is 32.0 Å². The minimum absolute atomic E-state index is 0.463. The summed E-state index contributed by atoms with van der Waals surface area (Å²) in [5.74, 6) is 1.41. The van der Waals surface area contributed by atoms with Gasteiger partial charge in [0.25, 0.3) is 0 Å². The number of rotatable bonds is 10. The average molecular weight is 405 g/mol. The van der Waals surface area contributed by atoms with Crippen molar-refractivity contribution < 1.29 is 9.47 Å². The van der Waals surface area contributed by atoms with Crippen LogP contribution in [0.15, 0.2) is 54.6 Å². The van der Waals surface area contributed by atoms with E-state index >= 15 is 0 Å². The van der Waals surface area contributed by atoms with Crippen molar-refractivity contribution in [3.8, 4) is 0 Å². The van der Waals surface area contributed by atoms with Gasteiger partial charge in [0.15, 0.2) is 5.82 Å². The van der Waals surface area contributed by atoms with Crippen LogP contribution in [0.1, 0.15) is 17.8 Å². The molecule has 0 aliphatic rings. The predicted octanol–water partition coefficient (Wildman–Crippen LogP) is 4.01. The molecule has 0 bridgehead atoms. The van der Waals surface area contributed by atoms with Gasteiger partial charge in [0, 0.05) is 32.1 Å². The lowest BCUT2D eigenvalue weighted by Gasteiger charge is -2.11. The van der Waals surface area contributed by atoms with E-state index in [0.717, 1.165) is 47.2 Å². The third-order valence-corrected chi connectivity index (χ3v) is 5.28. The molecule has 2 heterocycles. The topological polar surface area (TPSA) is 75.2 Å². The molecule has 4 rings (SSSR count). The number of methoxy groups -OCH3 is 1. The predicted molar refractivity (Wildman–Crippen MR) is 121 cm³/mol. The summed E-state index contributed by atoms with van der Waals surface area (Å²) in [6, 6.07) is 18.6. The van der Waals surface area contributed by atoms with Crippen molar-refractivity contribution in [2.75, 3.05) is 32.7 Å². The Hall–Kier alpha value is -2.96. The molecule has 0 radical (unpaired) electrons. The summed E-state index contributed by atoms with van der Waals surface area (Å²) in [4.78, 5) is 9.32. The molecule has 6 heteroatoms. The third-order valence-electron chi connectivity index (χ3n) is 5.28. The van der Waals surface area contributed by atoms with Crippen LogP contribution in [0.2, 0.25) is 0 Å². The van der Waals surface area contributed by atoms with Crippen LogP contribution in [-0.2, 0) is 28.9 Å². The van der Waals surface area contributed by atoms with Gasteiger partial charge in [0.05, 0.1) is 24.2 Å². The molecule has 2 aromatic carbocycles. The standard InChI is InChI=1S/C24H28N4O2/c1-29-16-13-21-27-22-23(19-11-5-6-12-20(19)26-24(22)25)28(21)14-17-30-15-7-10-18-8-3-2-4-9-18/h2-6,8-9,11-12H,7,10,13-17H2,1H3,(H2,25,26). The molecular formula is C24H28N4O2. The van der Waals surface area contributed by atoms with E-state index in [9.17, 15) is 0 Å². The van der Waals surface area contributed by atoms with Crippen LogP contribution in [0.4, 0.5) is 5.82 Å². The maximum atomic E-state index is 6.23. The van der Waals surface area contributed by atoms with Gasteiger partial charge in [0.2, 0.25) is 0 Å². The first-order valence-electron chi connectivity index (χ1n) is 10.4. The molecule has 30 heavy (non-hydrogen) atoms. The number of para-hydroxylation sites is 1. The number of nitrogen functional groups attached to an aromatic ring is 1. The number of hydrogen-bond donors (Lipinski definition) is 1.